The van der Waals surface area contributed by atoms with Crippen molar-refractivity contribution >= 4 is 39.1 Å². The normalized spacial score (nSPS) is 21.3. The van der Waals surface area contributed by atoms with Crippen LogP contribution in [-0.2, 0) is 4.79 Å². The zero-order valence-electron chi connectivity index (χ0n) is 16.8. The van der Waals surface area contributed by atoms with E-state index in [-0.39, 0.29) is 11.8 Å². The zero-order valence-corrected chi connectivity index (χ0v) is 17.7. The van der Waals surface area contributed by atoms with Crippen molar-refractivity contribution in [1.82, 2.24) is 9.97 Å². The molecule has 1 fully saturated rings. The van der Waals surface area contributed by atoms with Crippen molar-refractivity contribution in [3.63, 3.8) is 0 Å². The predicted octanol–water partition coefficient (Wildman–Crippen LogP) is 4.70. The minimum Gasteiger partial charge on any atom is -0.494 e. The van der Waals surface area contributed by atoms with Gasteiger partial charge in [-0.1, -0.05) is 6.07 Å². The maximum atomic E-state index is 12.5. The highest BCUT2D eigenvalue weighted by molar-refractivity contribution is 7.18. The van der Waals surface area contributed by atoms with Crippen LogP contribution in [0.5, 0.6) is 5.75 Å². The highest BCUT2D eigenvalue weighted by atomic mass is 32.1. The molecule has 0 aliphatic heterocycles. The molecule has 2 heterocycles. The van der Waals surface area contributed by atoms with E-state index in [2.05, 4.69) is 10.3 Å². The lowest BCUT2D eigenvalue weighted by atomic mass is 9.72. The molecule has 0 atom stereocenters. The number of carbonyl (C=O) groups excluding carboxylic acids is 1. The third-order valence-corrected chi connectivity index (χ3v) is 7.01. The van der Waals surface area contributed by atoms with Crippen LogP contribution >= 0.6 is 11.3 Å². The van der Waals surface area contributed by atoms with Crippen molar-refractivity contribution in [2.45, 2.75) is 38.5 Å². The Labute approximate surface area is 178 Å². The Morgan fingerprint density at radius 3 is 2.67 bits per heavy atom. The number of carboxylic acid groups (broad SMARTS) is 1. The largest absolute Gasteiger partial charge is 0.494 e. The fourth-order valence-corrected chi connectivity index (χ4v) is 4.97. The van der Waals surface area contributed by atoms with Crippen LogP contribution in [0.15, 0.2) is 36.5 Å². The number of rotatable bonds is 5. The number of hydrogen-bond acceptors (Lipinski definition) is 6. The summed E-state index contributed by atoms with van der Waals surface area (Å²) in [5.41, 5.74) is 1.07. The second kappa shape index (κ2) is 8.02. The maximum Gasteiger partial charge on any atom is 0.309 e. The molecule has 2 N–H and O–H groups in total. The summed E-state index contributed by atoms with van der Waals surface area (Å²) in [5.74, 6) is -0.236. The number of thiazole rings is 1. The molecule has 0 unspecified atom stereocenters. The first kappa shape index (κ1) is 20.3. The number of methoxy groups -OCH3 is 1. The lowest BCUT2D eigenvalue weighted by Crippen LogP contribution is -2.31. The summed E-state index contributed by atoms with van der Waals surface area (Å²) >= 11 is 1.59. The van der Waals surface area contributed by atoms with Gasteiger partial charge in [0.25, 0.3) is 5.91 Å². The molecule has 1 aliphatic carbocycles. The molecule has 2 aromatic heterocycles. The molecule has 156 valence electrons. The SMILES string of the molecule is COc1cc2nc(C3CCC(C)(C(=O)O)CC3)sc2cc1NC(=O)c1ccccn1. The number of benzene rings is 1. The van der Waals surface area contributed by atoms with Crippen LogP contribution in [0.2, 0.25) is 0 Å². The molecular formula is C22H23N3O4S. The van der Waals surface area contributed by atoms with Gasteiger partial charge in [0, 0.05) is 18.2 Å². The number of nitrogens with zero attached hydrogens (tertiary/aromatic N) is 2. The molecular weight excluding hydrogens is 402 g/mol. The lowest BCUT2D eigenvalue weighted by Gasteiger charge is -2.32. The van der Waals surface area contributed by atoms with Crippen LogP contribution in [0.1, 0.15) is 54.0 Å². The van der Waals surface area contributed by atoms with Gasteiger partial charge in [0.05, 0.1) is 33.4 Å². The summed E-state index contributed by atoms with van der Waals surface area (Å²) in [6.45, 7) is 1.82. The number of pyridine rings is 1. The van der Waals surface area contributed by atoms with Gasteiger partial charge in [-0.3, -0.25) is 14.6 Å². The fourth-order valence-electron chi connectivity index (χ4n) is 3.81. The Balaban J connectivity index is 1.58. The van der Waals surface area contributed by atoms with Crippen molar-refractivity contribution in [3.8, 4) is 5.75 Å². The van der Waals surface area contributed by atoms with Gasteiger partial charge in [0.15, 0.2) is 0 Å². The Morgan fingerprint density at radius 1 is 1.27 bits per heavy atom. The smallest absolute Gasteiger partial charge is 0.309 e. The van der Waals surface area contributed by atoms with Crippen LogP contribution in [0.4, 0.5) is 5.69 Å². The van der Waals surface area contributed by atoms with Gasteiger partial charge in [0.1, 0.15) is 11.4 Å². The van der Waals surface area contributed by atoms with E-state index < -0.39 is 11.4 Å². The molecule has 1 saturated carbocycles. The molecule has 0 saturated heterocycles. The molecule has 7 nitrogen and oxygen atoms in total. The Kier molecular flexibility index (Phi) is 5.42. The number of nitrogens with one attached hydrogen (secondary N) is 1. The number of aliphatic carboxylic acids is 1. The predicted molar refractivity (Wildman–Crippen MR) is 115 cm³/mol. The van der Waals surface area contributed by atoms with E-state index in [0.29, 0.717) is 30.0 Å². The van der Waals surface area contributed by atoms with Crippen LogP contribution in [-0.4, -0.2) is 34.1 Å². The number of anilines is 1. The van der Waals surface area contributed by atoms with E-state index in [1.54, 1.807) is 42.8 Å². The van der Waals surface area contributed by atoms with Crippen molar-refractivity contribution in [2.24, 2.45) is 5.41 Å². The van der Waals surface area contributed by atoms with E-state index in [0.717, 1.165) is 28.1 Å². The van der Waals surface area contributed by atoms with Crippen LogP contribution in [0.3, 0.4) is 0 Å². The van der Waals surface area contributed by atoms with E-state index in [1.165, 1.54) is 0 Å². The second-order valence-electron chi connectivity index (χ2n) is 7.88. The van der Waals surface area contributed by atoms with Crippen LogP contribution in [0, 0.1) is 5.41 Å². The van der Waals surface area contributed by atoms with E-state index in [1.807, 2.05) is 19.1 Å². The molecule has 8 heteroatoms. The third kappa shape index (κ3) is 3.87. The fraction of sp³-hybridized carbons (Fsp3) is 0.364. The number of hydrogen-bond donors (Lipinski definition) is 2. The number of ether oxygens (including phenoxy) is 1. The van der Waals surface area contributed by atoms with E-state index in [9.17, 15) is 14.7 Å². The summed E-state index contributed by atoms with van der Waals surface area (Å²) in [5, 5.41) is 13.3. The summed E-state index contributed by atoms with van der Waals surface area (Å²) < 4.78 is 6.42. The van der Waals surface area contributed by atoms with Gasteiger partial charge in [-0.05, 0) is 50.8 Å². The molecule has 0 bridgehead atoms. The van der Waals surface area contributed by atoms with Gasteiger partial charge >= 0.3 is 5.97 Å². The zero-order chi connectivity index (χ0) is 21.3. The Morgan fingerprint density at radius 2 is 2.03 bits per heavy atom. The van der Waals surface area contributed by atoms with Crippen LogP contribution < -0.4 is 10.1 Å². The average molecular weight is 426 g/mol. The maximum absolute atomic E-state index is 12.5. The van der Waals surface area contributed by atoms with Gasteiger partial charge < -0.3 is 15.2 Å². The lowest BCUT2D eigenvalue weighted by molar-refractivity contribution is -0.149. The number of aromatic nitrogens is 2. The van der Waals surface area contributed by atoms with Gasteiger partial charge in [-0.2, -0.15) is 0 Å². The Bertz CT molecular complexity index is 1090. The van der Waals surface area contributed by atoms with Crippen molar-refractivity contribution in [1.29, 1.82) is 0 Å². The summed E-state index contributed by atoms with van der Waals surface area (Å²) in [6, 6.07) is 8.87. The summed E-state index contributed by atoms with van der Waals surface area (Å²) in [7, 11) is 1.55. The van der Waals surface area contributed by atoms with Crippen molar-refractivity contribution in [3.05, 3.63) is 47.2 Å². The first-order valence-corrected chi connectivity index (χ1v) is 10.7. The number of carboxylic acids is 1. The quantitative estimate of drug-likeness (QED) is 0.614. The van der Waals surface area contributed by atoms with Crippen molar-refractivity contribution < 1.29 is 19.4 Å². The molecule has 3 aromatic rings. The molecule has 1 aliphatic rings. The third-order valence-electron chi connectivity index (χ3n) is 5.83. The monoisotopic (exact) mass is 425 g/mol. The average Bonchev–Trinajstić information content (AvgIpc) is 3.17. The highest BCUT2D eigenvalue weighted by Crippen LogP contribution is 2.45. The molecule has 30 heavy (non-hydrogen) atoms. The molecule has 0 radical (unpaired) electrons. The topological polar surface area (TPSA) is 101 Å². The van der Waals surface area contributed by atoms with Crippen LogP contribution in [0.25, 0.3) is 10.2 Å². The minimum atomic E-state index is -0.719. The minimum absolute atomic E-state index is 0.257. The first-order valence-electron chi connectivity index (χ1n) is 9.84. The van der Waals surface area contributed by atoms with Crippen molar-refractivity contribution in [2.75, 3.05) is 12.4 Å². The summed E-state index contributed by atoms with van der Waals surface area (Å²) in [6.07, 6.45) is 4.49. The standard InChI is InChI=1S/C22H23N3O4S/c1-22(21(27)28)8-6-13(7-9-22)20-25-16-11-17(29-2)15(12-18(16)30-20)24-19(26)14-5-3-4-10-23-14/h3-5,10-13H,6-9H2,1-2H3,(H,24,26)(H,27,28). The van der Waals surface area contributed by atoms with E-state index >= 15 is 0 Å². The second-order valence-corrected chi connectivity index (χ2v) is 8.94. The van der Waals surface area contributed by atoms with Gasteiger partial charge in [-0.15, -0.1) is 11.3 Å². The molecule has 1 aromatic carbocycles. The Hall–Kier alpha value is -3.00. The van der Waals surface area contributed by atoms with Gasteiger partial charge in [0.2, 0.25) is 0 Å². The number of fused-ring (bicyclic) bond motifs is 1. The first-order chi connectivity index (χ1) is 14.4. The van der Waals surface area contributed by atoms with Gasteiger partial charge in [-0.25, -0.2) is 4.98 Å². The summed E-state index contributed by atoms with van der Waals surface area (Å²) in [4.78, 5) is 32.9. The number of amides is 1. The molecule has 1 amide bonds. The van der Waals surface area contributed by atoms with E-state index in [4.69, 9.17) is 9.72 Å². The molecule has 4 rings (SSSR count). The molecule has 0 spiro atoms. The number of carbonyl (C=O) groups is 2. The highest BCUT2D eigenvalue weighted by Gasteiger charge is 2.38.